The predicted octanol–water partition coefficient (Wildman–Crippen LogP) is 2.41. The number of aromatic nitrogens is 11. The highest BCUT2D eigenvalue weighted by Gasteiger charge is 2.33. The summed E-state index contributed by atoms with van der Waals surface area (Å²) in [6.45, 7) is 14.6. The second-order valence-corrected chi connectivity index (χ2v) is 30.2. The number of hydrogen-bond acceptors (Lipinski definition) is 26. The molecule has 2 fully saturated rings. The smallest absolute Gasteiger partial charge is 0.291 e. The molecule has 666 valence electrons. The molecular weight excluding hydrogens is 1630 g/mol. The molecule has 0 bridgehead atoms. The maximum Gasteiger partial charge on any atom is 0.291 e. The number of halogens is 1. The molecule has 3 aliphatic heterocycles. The quantitative estimate of drug-likeness (QED) is 0.0148. The van der Waals surface area contributed by atoms with Gasteiger partial charge in [0.2, 0.25) is 35.2 Å². The maximum absolute atomic E-state index is 13.7. The number of nitrogens with one attached hydrogen (secondary N) is 10. The van der Waals surface area contributed by atoms with E-state index in [1.54, 1.807) is 42.3 Å². The van der Waals surface area contributed by atoms with Gasteiger partial charge in [-0.05, 0) is 62.2 Å². The number of aliphatic imine (C=N–C) groups is 1. The number of amides is 9. The van der Waals surface area contributed by atoms with Crippen LogP contribution in [0, 0.1) is 12.3 Å². The summed E-state index contributed by atoms with van der Waals surface area (Å²) in [7, 11) is 9.54. The monoisotopic (exact) mass is 1740 g/mol. The minimum absolute atomic E-state index is 0.0288. The molecule has 0 saturated carbocycles. The van der Waals surface area contributed by atoms with Gasteiger partial charge in [0.25, 0.3) is 35.4 Å². The molecule has 2 aromatic carbocycles. The molecule has 11 rings (SSSR count). The van der Waals surface area contributed by atoms with Crippen molar-refractivity contribution in [3.8, 4) is 11.4 Å². The van der Waals surface area contributed by atoms with Crippen LogP contribution in [0.1, 0.15) is 120 Å². The lowest BCUT2D eigenvalue weighted by molar-refractivity contribution is -0.123. The number of carbonyl (C=O) groups is 9. The minimum Gasteiger partial charge on any atom is -0.497 e. The lowest BCUT2D eigenvalue weighted by atomic mass is 10.00. The summed E-state index contributed by atoms with van der Waals surface area (Å²) in [5, 5.41) is 41.3. The summed E-state index contributed by atoms with van der Waals surface area (Å²) in [4.78, 5) is 143. The molecule has 2 saturated heterocycles. The van der Waals surface area contributed by atoms with E-state index in [1.165, 1.54) is 66.0 Å². The van der Waals surface area contributed by atoms with Crippen molar-refractivity contribution in [2.75, 3.05) is 192 Å². The first-order chi connectivity index (χ1) is 59.8. The molecule has 0 spiro atoms. The summed E-state index contributed by atoms with van der Waals surface area (Å²) < 4.78 is 49.3. The van der Waals surface area contributed by atoms with Gasteiger partial charge in [0, 0.05) is 186 Å². The van der Waals surface area contributed by atoms with E-state index >= 15 is 0 Å². The molecular formula is C81H109ClN26O16. The van der Waals surface area contributed by atoms with Crippen LogP contribution in [-0.4, -0.2) is 303 Å². The zero-order valence-electron chi connectivity index (χ0n) is 70.6. The van der Waals surface area contributed by atoms with E-state index in [0.717, 1.165) is 94.3 Å². The second-order valence-electron chi connectivity index (χ2n) is 29.7. The van der Waals surface area contributed by atoms with Crippen LogP contribution < -0.4 is 58.3 Å². The summed E-state index contributed by atoms with van der Waals surface area (Å²) >= 11 is 6.28. The predicted molar refractivity (Wildman–Crippen MR) is 458 cm³/mol. The number of likely N-dealkylation sites (tertiary alicyclic amines) is 1. The average Bonchev–Trinajstić information content (AvgIpc) is 1.60. The van der Waals surface area contributed by atoms with Gasteiger partial charge >= 0.3 is 0 Å². The zero-order valence-corrected chi connectivity index (χ0v) is 71.4. The summed E-state index contributed by atoms with van der Waals surface area (Å²) in [6, 6.07) is 15.7. The molecule has 8 aromatic rings. The lowest BCUT2D eigenvalue weighted by Gasteiger charge is -2.34. The standard InChI is InChI=1S/C81H109ClN26O16/c1-52-98-99-73-60(91-72(53-8-10-54(82)11-9-53)59-44-58(118-7)12-13-61(59)108(52)73)45-70(111)88-55-17-22-105(23-18-55)28-31-119-34-37-122-38-35-120-32-29-106-24-26-107(27-25-106)30-33-121-36-39-123-40-41-124-51-71(112)94-67-50-104(6)76(97-67)81(117)90-57-43-63(101(3)47-57)78(114)86-21-16-69(110)93-66-49-103(5)75(96-66)80(116)89-56-42-62(100(2)46-56)77(113)85-20-15-68(109)92-65-48-102(4)74(95-65)79(115)87-19-14-64(83)84/h8-13,42-44,46-50,55,60H,14-41,45,51H2,1-7H3,(H3,83,84)(H,85,113)(H,86,114)(H,87,115)(H,88,111)(H,89,116)(H,90,117)(H,92,109)(H,93,110)(H,94,112)/t60-/m0/s1. The number of nitrogens with two attached hydrogens (primary N) is 1. The third kappa shape index (κ3) is 27.2. The Kier molecular flexibility index (Phi) is 34.2. The van der Waals surface area contributed by atoms with Gasteiger partial charge in [0.1, 0.15) is 35.6 Å². The average molecular weight is 1740 g/mol. The number of ether oxygens (including phenoxy) is 7. The molecule has 1 atom stereocenters. The first-order valence-corrected chi connectivity index (χ1v) is 41.2. The van der Waals surface area contributed by atoms with Gasteiger partial charge in [-0.15, -0.1) is 10.2 Å². The van der Waals surface area contributed by atoms with Crippen molar-refractivity contribution >= 4 is 105 Å². The number of imidazole rings is 3. The first-order valence-electron chi connectivity index (χ1n) is 40.8. The molecule has 0 radical (unpaired) electrons. The summed E-state index contributed by atoms with van der Waals surface area (Å²) in [6.07, 6.45) is 9.05. The van der Waals surface area contributed by atoms with Crippen LogP contribution in [0.4, 0.5) is 28.8 Å². The molecule has 9 amide bonds. The van der Waals surface area contributed by atoms with Crippen molar-refractivity contribution in [1.29, 1.82) is 5.41 Å². The number of carbonyl (C=O) groups excluding carboxylic acids is 9. The van der Waals surface area contributed by atoms with Crippen LogP contribution in [0.3, 0.4) is 0 Å². The highest BCUT2D eigenvalue weighted by atomic mass is 35.5. The molecule has 42 nitrogen and oxygen atoms in total. The van der Waals surface area contributed by atoms with Crippen LogP contribution in [0.5, 0.6) is 5.75 Å². The van der Waals surface area contributed by atoms with Crippen molar-refractivity contribution in [3.63, 3.8) is 0 Å². The van der Waals surface area contributed by atoms with Crippen LogP contribution in [0.15, 0.2) is 90.6 Å². The van der Waals surface area contributed by atoms with Crippen molar-refractivity contribution in [1.82, 2.24) is 88.5 Å². The first kappa shape index (κ1) is 92.6. The third-order valence-corrected chi connectivity index (χ3v) is 20.7. The number of piperidine rings is 1. The summed E-state index contributed by atoms with van der Waals surface area (Å²) in [5.74, 6) is -2.26. The zero-order chi connectivity index (χ0) is 88.2. The fraction of sp³-hybridized carbons (Fsp3) is 0.481. The Labute approximate surface area is 720 Å². The topological polar surface area (TPSA) is 492 Å². The van der Waals surface area contributed by atoms with Crippen LogP contribution in [0.25, 0.3) is 5.69 Å². The van der Waals surface area contributed by atoms with E-state index in [4.69, 9.17) is 60.9 Å². The van der Waals surface area contributed by atoms with E-state index < -0.39 is 53.3 Å². The number of fused-ring (bicyclic) bond motifs is 3. The van der Waals surface area contributed by atoms with E-state index in [2.05, 4.69) is 87.7 Å². The molecule has 0 aliphatic carbocycles. The van der Waals surface area contributed by atoms with Crippen molar-refractivity contribution < 1.29 is 76.3 Å². The van der Waals surface area contributed by atoms with Gasteiger partial charge in [-0.2, -0.15) is 0 Å². The van der Waals surface area contributed by atoms with Crippen molar-refractivity contribution in [2.45, 2.75) is 57.5 Å². The molecule has 43 heteroatoms. The fourth-order valence-corrected chi connectivity index (χ4v) is 14.1. The SMILES string of the molecule is COc1ccc2c(c1)C(c1ccc(Cl)cc1)=N[C@@H](CC(=O)NC1CCN(CCOCCOCCOCCN3CCN(CCOCCOCCOCC(=O)Nc4cn(C)c(C(=O)Nc5cc(C(=O)NCCC(=O)Nc6cn(C)c(C(=O)Nc7cc(C(=O)NCCC(=O)Nc8cn(C)c(C(=O)NCCC(=N)N)n8)n(C)c7)n6)n(C)c5)n4)CC3)CC1)c1nnc(C)n1-2. The molecule has 9 heterocycles. The largest absolute Gasteiger partial charge is 0.497 e. The number of methoxy groups -OCH3 is 1. The Morgan fingerprint density at radius 3 is 1.42 bits per heavy atom. The number of amidine groups is 1. The fourth-order valence-electron chi connectivity index (χ4n) is 13.9. The van der Waals surface area contributed by atoms with E-state index in [1.807, 2.05) is 54.0 Å². The summed E-state index contributed by atoms with van der Waals surface area (Å²) in [5.41, 5.74) is 9.49. The number of benzene rings is 2. The highest BCUT2D eigenvalue weighted by Crippen LogP contribution is 2.35. The number of nitrogens with zero attached hydrogens (tertiary/aromatic N) is 15. The Hall–Kier alpha value is -12.1. The highest BCUT2D eigenvalue weighted by molar-refractivity contribution is 6.30. The lowest BCUT2D eigenvalue weighted by Crippen LogP contribution is -2.48. The number of aryl methyl sites for hydroxylation is 6. The minimum atomic E-state index is -0.650. The van der Waals surface area contributed by atoms with Crippen LogP contribution in [-0.2, 0) is 82.8 Å². The van der Waals surface area contributed by atoms with Crippen LogP contribution in [0.2, 0.25) is 5.02 Å². The maximum atomic E-state index is 13.7. The van der Waals surface area contributed by atoms with Gasteiger partial charge in [-0.1, -0.05) is 23.7 Å². The van der Waals surface area contributed by atoms with Gasteiger partial charge in [-0.25, -0.2) is 15.0 Å². The molecule has 3 aliphatic rings. The van der Waals surface area contributed by atoms with E-state index in [9.17, 15) is 43.2 Å². The number of piperazine rings is 1. The van der Waals surface area contributed by atoms with Gasteiger partial charge < -0.3 is 114 Å². The van der Waals surface area contributed by atoms with Crippen LogP contribution >= 0.6 is 11.6 Å². The normalized spacial score (nSPS) is 14.3. The molecule has 124 heavy (non-hydrogen) atoms. The van der Waals surface area contributed by atoms with E-state index in [-0.39, 0.29) is 141 Å². The Morgan fingerprint density at radius 1 is 0.492 bits per heavy atom. The molecule has 6 aromatic heterocycles. The number of hydrogen-bond donors (Lipinski definition) is 11. The molecule has 0 unspecified atom stereocenters. The number of rotatable bonds is 47. The van der Waals surface area contributed by atoms with E-state index in [0.29, 0.717) is 81.9 Å². The Morgan fingerprint density at radius 2 is 0.935 bits per heavy atom. The Bertz CT molecular complexity index is 5050. The number of anilines is 5. The van der Waals surface area contributed by atoms with Gasteiger partial charge in [0.15, 0.2) is 23.3 Å². The van der Waals surface area contributed by atoms with Crippen molar-refractivity contribution in [3.05, 3.63) is 142 Å². The van der Waals surface area contributed by atoms with Crippen molar-refractivity contribution in [2.24, 2.45) is 46.0 Å². The second kappa shape index (κ2) is 45.8. The van der Waals surface area contributed by atoms with Gasteiger partial charge in [-0.3, -0.25) is 67.9 Å². The third-order valence-electron chi connectivity index (χ3n) is 20.4. The Balaban J connectivity index is 0.463. The molecule has 12 N–H and O–H groups in total. The van der Waals surface area contributed by atoms with Gasteiger partial charge in [0.05, 0.1) is 115 Å².